The average Bonchev–Trinajstić information content (AvgIpc) is 3.12. The minimum Gasteiger partial charge on any atom is -0.452 e. The molecule has 0 N–H and O–H groups in total. The summed E-state index contributed by atoms with van der Waals surface area (Å²) in [4.78, 5) is 29.5. The summed E-state index contributed by atoms with van der Waals surface area (Å²) < 4.78 is 11.8. The van der Waals surface area contributed by atoms with Gasteiger partial charge in [-0.1, -0.05) is 12.1 Å². The summed E-state index contributed by atoms with van der Waals surface area (Å²) in [5.74, 6) is 0.668. The molecule has 0 amide bonds. The highest BCUT2D eigenvalue weighted by Crippen LogP contribution is 2.14. The molecule has 140 valence electrons. The number of nitrogens with zero attached hydrogens (tertiary/aromatic N) is 4. The molecule has 0 radical (unpaired) electrons. The van der Waals surface area contributed by atoms with E-state index in [9.17, 15) is 9.59 Å². The van der Waals surface area contributed by atoms with E-state index < -0.39 is 5.97 Å². The van der Waals surface area contributed by atoms with Gasteiger partial charge in [0.1, 0.15) is 5.82 Å². The highest BCUT2D eigenvalue weighted by atomic mass is 16.5. The van der Waals surface area contributed by atoms with Crippen molar-refractivity contribution in [3.05, 3.63) is 82.1 Å². The predicted octanol–water partition coefficient (Wildman–Crippen LogP) is 2.74. The van der Waals surface area contributed by atoms with Gasteiger partial charge in [0.15, 0.2) is 6.61 Å². The maximum Gasteiger partial charge on any atom is 0.338 e. The predicted molar refractivity (Wildman–Crippen MR) is 100 cm³/mol. The zero-order valence-corrected chi connectivity index (χ0v) is 15.2. The van der Waals surface area contributed by atoms with E-state index in [1.807, 2.05) is 6.07 Å². The lowest BCUT2D eigenvalue weighted by atomic mass is 10.2. The van der Waals surface area contributed by atoms with Crippen LogP contribution in [0.3, 0.4) is 0 Å². The summed E-state index contributed by atoms with van der Waals surface area (Å²) in [6.45, 7) is 3.32. The third kappa shape index (κ3) is 3.27. The normalized spacial score (nSPS) is 10.9. The van der Waals surface area contributed by atoms with Crippen LogP contribution < -0.4 is 5.56 Å². The first-order valence-electron chi connectivity index (χ1n) is 8.58. The van der Waals surface area contributed by atoms with Gasteiger partial charge in [0.05, 0.1) is 22.2 Å². The highest BCUT2D eigenvalue weighted by molar-refractivity contribution is 5.89. The Morgan fingerprint density at radius 2 is 1.82 bits per heavy atom. The highest BCUT2D eigenvalue weighted by Gasteiger charge is 2.13. The molecule has 8 nitrogen and oxygen atoms in total. The van der Waals surface area contributed by atoms with E-state index >= 15 is 0 Å². The Balaban J connectivity index is 1.59. The molecular formula is C20H16N4O4. The van der Waals surface area contributed by atoms with Gasteiger partial charge in [-0.2, -0.15) is 0 Å². The van der Waals surface area contributed by atoms with Crippen LogP contribution in [0, 0.1) is 13.8 Å². The van der Waals surface area contributed by atoms with Crippen molar-refractivity contribution >= 4 is 16.9 Å². The van der Waals surface area contributed by atoms with Crippen LogP contribution in [0.25, 0.3) is 16.6 Å². The second kappa shape index (κ2) is 7.07. The van der Waals surface area contributed by atoms with Crippen LogP contribution >= 0.6 is 0 Å². The third-order valence-corrected chi connectivity index (χ3v) is 4.20. The van der Waals surface area contributed by atoms with Gasteiger partial charge in [0.25, 0.3) is 11.4 Å². The Morgan fingerprint density at radius 1 is 1.07 bits per heavy atom. The third-order valence-electron chi connectivity index (χ3n) is 4.20. The molecule has 0 saturated heterocycles. The van der Waals surface area contributed by atoms with Crippen molar-refractivity contribution in [2.75, 3.05) is 0 Å². The van der Waals surface area contributed by atoms with E-state index in [2.05, 4.69) is 15.2 Å². The summed E-state index contributed by atoms with van der Waals surface area (Å²) in [6, 6.07) is 13.7. The molecule has 2 aromatic carbocycles. The number of hydrogen-bond donors (Lipinski definition) is 0. The maximum absolute atomic E-state index is 12.8. The van der Waals surface area contributed by atoms with Crippen LogP contribution in [0.4, 0.5) is 0 Å². The Kier molecular flexibility index (Phi) is 4.44. The average molecular weight is 376 g/mol. The fourth-order valence-electron chi connectivity index (χ4n) is 2.90. The lowest BCUT2D eigenvalue weighted by Gasteiger charge is -2.11. The van der Waals surface area contributed by atoms with E-state index in [0.717, 1.165) is 0 Å². The first-order valence-corrected chi connectivity index (χ1v) is 8.58. The Labute approximate surface area is 159 Å². The molecule has 0 unspecified atom stereocenters. The minimum atomic E-state index is -0.525. The number of benzene rings is 2. The number of esters is 1. The van der Waals surface area contributed by atoms with Gasteiger partial charge in [0, 0.05) is 6.92 Å². The molecule has 0 aliphatic heterocycles. The van der Waals surface area contributed by atoms with E-state index in [1.54, 1.807) is 56.3 Å². The van der Waals surface area contributed by atoms with Crippen molar-refractivity contribution in [3.8, 4) is 5.69 Å². The monoisotopic (exact) mass is 376 g/mol. The van der Waals surface area contributed by atoms with Crippen LogP contribution in [-0.4, -0.2) is 25.7 Å². The fourth-order valence-corrected chi connectivity index (χ4v) is 2.90. The topological polar surface area (TPSA) is 100 Å². The van der Waals surface area contributed by atoms with E-state index in [0.29, 0.717) is 33.9 Å². The van der Waals surface area contributed by atoms with E-state index in [4.69, 9.17) is 9.15 Å². The van der Waals surface area contributed by atoms with Crippen LogP contribution in [-0.2, 0) is 11.3 Å². The Morgan fingerprint density at radius 3 is 2.54 bits per heavy atom. The molecule has 0 fully saturated rings. The largest absolute Gasteiger partial charge is 0.452 e. The number of carbonyl (C=O) groups excluding carboxylic acids is 1. The molecule has 8 heteroatoms. The van der Waals surface area contributed by atoms with Crippen molar-refractivity contribution in [1.82, 2.24) is 19.7 Å². The zero-order valence-electron chi connectivity index (χ0n) is 15.2. The number of hydrogen-bond acceptors (Lipinski definition) is 7. The number of aromatic nitrogens is 4. The molecule has 0 aliphatic carbocycles. The minimum absolute atomic E-state index is 0.103. The molecule has 4 aromatic rings. The molecule has 4 rings (SSSR count). The zero-order chi connectivity index (χ0) is 19.7. The first-order chi connectivity index (χ1) is 13.5. The molecule has 2 aromatic heterocycles. The van der Waals surface area contributed by atoms with Crippen molar-refractivity contribution in [1.29, 1.82) is 0 Å². The van der Waals surface area contributed by atoms with Crippen molar-refractivity contribution in [2.45, 2.75) is 20.5 Å². The number of fused-ring (bicyclic) bond motifs is 1. The van der Waals surface area contributed by atoms with Gasteiger partial charge in [-0.3, -0.25) is 9.36 Å². The molecule has 0 saturated carbocycles. The first kappa shape index (κ1) is 17.6. The second-order valence-corrected chi connectivity index (χ2v) is 6.15. The number of aryl methyl sites for hydroxylation is 2. The summed E-state index contributed by atoms with van der Waals surface area (Å²) in [5, 5.41) is 7.98. The number of para-hydroxylation sites is 1. The van der Waals surface area contributed by atoms with E-state index in [1.165, 1.54) is 4.57 Å². The lowest BCUT2D eigenvalue weighted by Crippen LogP contribution is -2.22. The smallest absolute Gasteiger partial charge is 0.338 e. The molecular weight excluding hydrogens is 360 g/mol. The summed E-state index contributed by atoms with van der Waals surface area (Å²) >= 11 is 0. The quantitative estimate of drug-likeness (QED) is 0.505. The lowest BCUT2D eigenvalue weighted by molar-refractivity contribution is 0.0437. The van der Waals surface area contributed by atoms with Gasteiger partial charge in [-0.25, -0.2) is 9.78 Å². The number of carbonyl (C=O) groups is 1. The van der Waals surface area contributed by atoms with Gasteiger partial charge < -0.3 is 9.15 Å². The van der Waals surface area contributed by atoms with Crippen molar-refractivity contribution in [2.24, 2.45) is 0 Å². The second-order valence-electron chi connectivity index (χ2n) is 6.15. The maximum atomic E-state index is 12.8. The molecule has 0 spiro atoms. The van der Waals surface area contributed by atoms with Gasteiger partial charge in [0.2, 0.25) is 5.89 Å². The number of ether oxygens (including phenoxy) is 1. The van der Waals surface area contributed by atoms with Gasteiger partial charge in [-0.05, 0) is 43.3 Å². The van der Waals surface area contributed by atoms with Crippen LogP contribution in [0.15, 0.2) is 57.7 Å². The molecule has 0 atom stereocenters. The summed E-state index contributed by atoms with van der Waals surface area (Å²) in [7, 11) is 0. The summed E-state index contributed by atoms with van der Waals surface area (Å²) in [5.41, 5.74) is 1.45. The van der Waals surface area contributed by atoms with E-state index in [-0.39, 0.29) is 18.1 Å². The molecule has 0 aliphatic rings. The fraction of sp³-hybridized carbons (Fsp3) is 0.150. The molecule has 28 heavy (non-hydrogen) atoms. The van der Waals surface area contributed by atoms with Crippen LogP contribution in [0.2, 0.25) is 0 Å². The Bertz CT molecular complexity index is 1230. The van der Waals surface area contributed by atoms with Crippen LogP contribution in [0.5, 0.6) is 0 Å². The molecule has 0 bridgehead atoms. The summed E-state index contributed by atoms with van der Waals surface area (Å²) in [6.07, 6.45) is 0. The van der Waals surface area contributed by atoms with Gasteiger partial charge in [-0.15, -0.1) is 10.2 Å². The SMILES string of the molecule is Cc1nnc(COC(=O)c2ccc(-n3c(C)nc4ccccc4c3=O)cc2)o1. The standard InChI is InChI=1S/C20H16N4O4/c1-12-21-17-6-4-3-5-16(17)19(25)24(12)15-9-7-14(8-10-15)20(26)27-11-18-23-22-13(2)28-18/h3-10H,11H2,1-2H3. The Hall–Kier alpha value is -3.81. The van der Waals surface area contributed by atoms with Gasteiger partial charge >= 0.3 is 5.97 Å². The van der Waals surface area contributed by atoms with Crippen molar-refractivity contribution < 1.29 is 13.9 Å². The number of rotatable bonds is 4. The molecule has 2 heterocycles. The van der Waals surface area contributed by atoms with Crippen LogP contribution in [0.1, 0.15) is 28.0 Å². The van der Waals surface area contributed by atoms with Crippen molar-refractivity contribution in [3.63, 3.8) is 0 Å².